The van der Waals surface area contributed by atoms with Gasteiger partial charge in [-0.1, -0.05) is 6.92 Å². The Bertz CT molecular complexity index is 752. The average molecular weight is 515 g/mol. The molecule has 0 radical (unpaired) electrons. The molecule has 2 N–H and O–H groups in total. The number of hydrogen-bond acceptors (Lipinski definition) is 5. The summed E-state index contributed by atoms with van der Waals surface area (Å²) < 4.78 is 8.02. The van der Waals surface area contributed by atoms with Gasteiger partial charge in [-0.15, -0.1) is 34.2 Å². The molecule has 8 nitrogen and oxygen atoms in total. The number of rotatable bonds is 9. The molecule has 9 heteroatoms. The topological polar surface area (TPSA) is 83.5 Å². The molecule has 2 aromatic rings. The molecule has 0 amide bonds. The predicted molar refractivity (Wildman–Crippen MR) is 126 cm³/mol. The molecule has 1 fully saturated rings. The van der Waals surface area contributed by atoms with E-state index in [-0.39, 0.29) is 30.0 Å². The van der Waals surface area contributed by atoms with Crippen LogP contribution < -0.4 is 10.6 Å². The summed E-state index contributed by atoms with van der Waals surface area (Å²) >= 11 is 0. The third-order valence-electron chi connectivity index (χ3n) is 5.09. The minimum atomic E-state index is 0. The smallest absolute Gasteiger partial charge is 0.191 e. The lowest BCUT2D eigenvalue weighted by Gasteiger charge is -2.24. The van der Waals surface area contributed by atoms with Gasteiger partial charge in [0.15, 0.2) is 5.96 Å². The van der Waals surface area contributed by atoms with Crippen molar-refractivity contribution in [3.8, 4) is 0 Å². The number of furan rings is 1. The van der Waals surface area contributed by atoms with Crippen LogP contribution in [0.4, 0.5) is 0 Å². The summed E-state index contributed by atoms with van der Waals surface area (Å²) in [6.45, 7) is 11.5. The molecule has 0 saturated carbocycles. The van der Waals surface area contributed by atoms with Crippen LogP contribution in [0.15, 0.2) is 27.9 Å². The van der Waals surface area contributed by atoms with E-state index in [4.69, 9.17) is 9.41 Å². The third-order valence-corrected chi connectivity index (χ3v) is 5.09. The van der Waals surface area contributed by atoms with E-state index in [0.29, 0.717) is 6.54 Å². The lowest BCUT2D eigenvalue weighted by atomic mass is 10.2. The summed E-state index contributed by atoms with van der Waals surface area (Å²) in [5.74, 6) is 3.80. The molecule has 0 aromatic carbocycles. The van der Waals surface area contributed by atoms with E-state index in [1.807, 2.05) is 13.0 Å². The fourth-order valence-electron chi connectivity index (χ4n) is 3.62. The van der Waals surface area contributed by atoms with Crippen molar-refractivity contribution in [2.75, 3.05) is 32.7 Å². The van der Waals surface area contributed by atoms with Crippen molar-refractivity contribution in [3.05, 3.63) is 35.8 Å². The van der Waals surface area contributed by atoms with Gasteiger partial charge in [-0.3, -0.25) is 9.89 Å². The molecule has 2 aromatic heterocycles. The minimum Gasteiger partial charge on any atom is -0.465 e. The Balaban J connectivity index is 0.00000300. The lowest BCUT2D eigenvalue weighted by molar-refractivity contribution is 0.219. The summed E-state index contributed by atoms with van der Waals surface area (Å²) in [5, 5.41) is 14.9. The Morgan fingerprint density at radius 2 is 2.03 bits per heavy atom. The largest absolute Gasteiger partial charge is 0.465 e. The number of nitrogens with zero attached hydrogens (tertiary/aromatic N) is 5. The lowest BCUT2D eigenvalue weighted by Crippen LogP contribution is -2.39. The molecule has 3 rings (SSSR count). The molecule has 1 atom stereocenters. The molecular weight excluding hydrogens is 481 g/mol. The van der Waals surface area contributed by atoms with E-state index in [2.05, 4.69) is 50.2 Å². The van der Waals surface area contributed by atoms with Crippen LogP contribution in [0.2, 0.25) is 0 Å². The number of aliphatic imine (C=N–C) groups is 1. The maximum absolute atomic E-state index is 5.94. The summed E-state index contributed by atoms with van der Waals surface area (Å²) in [7, 11) is 0. The maximum Gasteiger partial charge on any atom is 0.191 e. The van der Waals surface area contributed by atoms with Crippen molar-refractivity contribution in [2.24, 2.45) is 4.99 Å². The fraction of sp³-hybridized carbons (Fsp3) is 0.650. The average Bonchev–Trinajstić information content (AvgIpc) is 3.44. The Morgan fingerprint density at radius 1 is 1.24 bits per heavy atom. The van der Waals surface area contributed by atoms with E-state index in [9.17, 15) is 0 Å². The van der Waals surface area contributed by atoms with Crippen LogP contribution in [-0.4, -0.2) is 58.3 Å². The molecule has 0 aliphatic carbocycles. The highest BCUT2D eigenvalue weighted by molar-refractivity contribution is 14.0. The molecule has 1 aliphatic heterocycles. The molecule has 162 valence electrons. The van der Waals surface area contributed by atoms with Gasteiger partial charge in [-0.25, -0.2) is 0 Å². The second-order valence-electron chi connectivity index (χ2n) is 7.15. The SMILES string of the molecule is CCNC(=NCC(c1ccc(C)o1)N1CCCC1)NCCn1cnnc1CC.I. The third kappa shape index (κ3) is 6.70. The van der Waals surface area contributed by atoms with Gasteiger partial charge >= 0.3 is 0 Å². The molecule has 1 saturated heterocycles. The fourth-order valence-corrected chi connectivity index (χ4v) is 3.62. The molecule has 3 heterocycles. The van der Waals surface area contributed by atoms with Crippen LogP contribution >= 0.6 is 24.0 Å². The van der Waals surface area contributed by atoms with Crippen molar-refractivity contribution >= 4 is 29.9 Å². The monoisotopic (exact) mass is 515 g/mol. The van der Waals surface area contributed by atoms with Crippen LogP contribution in [0.1, 0.15) is 50.1 Å². The molecule has 29 heavy (non-hydrogen) atoms. The second kappa shape index (κ2) is 12.2. The van der Waals surface area contributed by atoms with Gasteiger partial charge in [-0.2, -0.15) is 0 Å². The number of guanidine groups is 1. The zero-order valence-electron chi connectivity index (χ0n) is 17.7. The zero-order valence-corrected chi connectivity index (χ0v) is 20.1. The van der Waals surface area contributed by atoms with Gasteiger partial charge in [0.25, 0.3) is 0 Å². The zero-order chi connectivity index (χ0) is 19.8. The van der Waals surface area contributed by atoms with E-state index < -0.39 is 0 Å². The molecule has 1 unspecified atom stereocenters. The number of likely N-dealkylation sites (tertiary alicyclic amines) is 1. The number of halogens is 1. The van der Waals surface area contributed by atoms with E-state index >= 15 is 0 Å². The van der Waals surface area contributed by atoms with Crippen LogP contribution in [-0.2, 0) is 13.0 Å². The van der Waals surface area contributed by atoms with Gasteiger partial charge in [-0.05, 0) is 51.9 Å². The van der Waals surface area contributed by atoms with Gasteiger partial charge < -0.3 is 19.6 Å². The maximum atomic E-state index is 5.94. The van der Waals surface area contributed by atoms with Gasteiger partial charge in [0, 0.05) is 26.1 Å². The van der Waals surface area contributed by atoms with Crippen LogP contribution in [0, 0.1) is 6.92 Å². The summed E-state index contributed by atoms with van der Waals surface area (Å²) in [6, 6.07) is 4.32. The molecular formula is C20H34IN7O. The normalized spacial score (nSPS) is 15.9. The van der Waals surface area contributed by atoms with Gasteiger partial charge in [0.05, 0.1) is 12.6 Å². The summed E-state index contributed by atoms with van der Waals surface area (Å²) in [5.41, 5.74) is 0. The number of aromatic nitrogens is 3. The number of nitrogens with one attached hydrogen (secondary N) is 2. The highest BCUT2D eigenvalue weighted by atomic mass is 127. The van der Waals surface area contributed by atoms with E-state index in [1.165, 1.54) is 12.8 Å². The van der Waals surface area contributed by atoms with Crippen molar-refractivity contribution in [3.63, 3.8) is 0 Å². The van der Waals surface area contributed by atoms with Crippen LogP contribution in [0.3, 0.4) is 0 Å². The highest BCUT2D eigenvalue weighted by Gasteiger charge is 2.25. The van der Waals surface area contributed by atoms with Crippen LogP contribution in [0.25, 0.3) is 0 Å². The molecule has 0 spiro atoms. The van der Waals surface area contributed by atoms with Crippen molar-refractivity contribution in [1.29, 1.82) is 0 Å². The first-order valence-corrected chi connectivity index (χ1v) is 10.4. The minimum absolute atomic E-state index is 0. The predicted octanol–water partition coefficient (Wildman–Crippen LogP) is 2.75. The van der Waals surface area contributed by atoms with Gasteiger partial charge in [0.2, 0.25) is 0 Å². The van der Waals surface area contributed by atoms with Crippen LogP contribution in [0.5, 0.6) is 0 Å². The second-order valence-corrected chi connectivity index (χ2v) is 7.15. The Morgan fingerprint density at radius 3 is 2.69 bits per heavy atom. The Hall–Kier alpha value is -1.62. The summed E-state index contributed by atoms with van der Waals surface area (Å²) in [6.07, 6.45) is 5.16. The number of aryl methyl sites for hydroxylation is 2. The van der Waals surface area contributed by atoms with Gasteiger partial charge in [0.1, 0.15) is 23.7 Å². The van der Waals surface area contributed by atoms with Crippen molar-refractivity contribution < 1.29 is 4.42 Å². The molecule has 1 aliphatic rings. The highest BCUT2D eigenvalue weighted by Crippen LogP contribution is 2.26. The Kier molecular flexibility index (Phi) is 9.92. The first-order valence-electron chi connectivity index (χ1n) is 10.4. The van der Waals surface area contributed by atoms with E-state index in [0.717, 1.165) is 62.4 Å². The standard InChI is InChI=1S/C20H33N7O.HI/c1-4-19-25-24-15-27(19)13-10-22-20(21-5-2)23-14-17(26-11-6-7-12-26)18-9-8-16(3)28-18;/h8-9,15,17H,4-7,10-14H2,1-3H3,(H2,21,22,23);1H. The van der Waals surface area contributed by atoms with Crippen molar-refractivity contribution in [1.82, 2.24) is 30.3 Å². The molecule has 0 bridgehead atoms. The summed E-state index contributed by atoms with van der Waals surface area (Å²) in [4.78, 5) is 7.34. The quantitative estimate of drug-likeness (QED) is 0.304. The van der Waals surface area contributed by atoms with Crippen molar-refractivity contribution in [2.45, 2.75) is 52.6 Å². The Labute approximate surface area is 190 Å². The first-order chi connectivity index (χ1) is 13.7. The first kappa shape index (κ1) is 23.7. The number of hydrogen-bond donors (Lipinski definition) is 2. The van der Waals surface area contributed by atoms with E-state index in [1.54, 1.807) is 6.33 Å².